The second-order valence-corrected chi connectivity index (χ2v) is 4.72. The van der Waals surface area contributed by atoms with Gasteiger partial charge in [-0.05, 0) is 30.7 Å². The lowest BCUT2D eigenvalue weighted by Crippen LogP contribution is -2.02. The second kappa shape index (κ2) is 5.85. The fraction of sp³-hybridized carbons (Fsp3) is 0.200. The molecule has 0 spiro atoms. The van der Waals surface area contributed by atoms with E-state index in [1.165, 1.54) is 0 Å². The van der Waals surface area contributed by atoms with E-state index in [9.17, 15) is 5.11 Å². The SMILES string of the molecule is COc1ccc(Cl)cc1NCc1cccc(C)c1O. The monoisotopic (exact) mass is 277 g/mol. The number of benzene rings is 2. The molecule has 0 aromatic heterocycles. The summed E-state index contributed by atoms with van der Waals surface area (Å²) in [6, 6.07) is 11.1. The normalized spacial score (nSPS) is 10.3. The quantitative estimate of drug-likeness (QED) is 0.888. The van der Waals surface area contributed by atoms with Crippen molar-refractivity contribution in [2.24, 2.45) is 0 Å². The number of hydrogen-bond acceptors (Lipinski definition) is 3. The van der Waals surface area contributed by atoms with Gasteiger partial charge < -0.3 is 15.2 Å². The molecular formula is C15H16ClNO2. The molecule has 0 atom stereocenters. The van der Waals surface area contributed by atoms with Crippen LogP contribution in [0.25, 0.3) is 0 Å². The highest BCUT2D eigenvalue weighted by Crippen LogP contribution is 2.29. The van der Waals surface area contributed by atoms with Crippen molar-refractivity contribution in [3.63, 3.8) is 0 Å². The summed E-state index contributed by atoms with van der Waals surface area (Å²) in [7, 11) is 1.61. The fourth-order valence-electron chi connectivity index (χ4n) is 1.87. The number of aryl methyl sites for hydroxylation is 1. The van der Waals surface area contributed by atoms with E-state index in [-0.39, 0.29) is 0 Å². The number of rotatable bonds is 4. The van der Waals surface area contributed by atoms with Crippen LogP contribution in [0, 0.1) is 6.92 Å². The standard InChI is InChI=1S/C15H16ClNO2/c1-10-4-3-5-11(15(10)18)9-17-13-8-12(16)6-7-14(13)19-2/h3-8,17-18H,9H2,1-2H3. The molecule has 0 amide bonds. The van der Waals surface area contributed by atoms with Crippen LogP contribution in [-0.4, -0.2) is 12.2 Å². The van der Waals surface area contributed by atoms with Crippen LogP contribution >= 0.6 is 11.6 Å². The summed E-state index contributed by atoms with van der Waals surface area (Å²) < 4.78 is 5.26. The number of halogens is 1. The van der Waals surface area contributed by atoms with Gasteiger partial charge in [-0.25, -0.2) is 0 Å². The predicted octanol–water partition coefficient (Wildman–Crippen LogP) is 3.97. The molecule has 2 aromatic rings. The van der Waals surface area contributed by atoms with Gasteiger partial charge in [0.05, 0.1) is 12.8 Å². The van der Waals surface area contributed by atoms with Gasteiger partial charge in [0.15, 0.2) is 0 Å². The van der Waals surface area contributed by atoms with Crippen LogP contribution < -0.4 is 10.1 Å². The maximum absolute atomic E-state index is 9.96. The van der Waals surface area contributed by atoms with Crippen molar-refractivity contribution in [3.8, 4) is 11.5 Å². The molecule has 100 valence electrons. The number of para-hydroxylation sites is 1. The molecule has 4 heteroatoms. The topological polar surface area (TPSA) is 41.5 Å². The lowest BCUT2D eigenvalue weighted by atomic mass is 10.1. The minimum Gasteiger partial charge on any atom is -0.507 e. The summed E-state index contributed by atoms with van der Waals surface area (Å²) in [6.07, 6.45) is 0. The van der Waals surface area contributed by atoms with Crippen molar-refractivity contribution in [2.45, 2.75) is 13.5 Å². The largest absolute Gasteiger partial charge is 0.507 e. The van der Waals surface area contributed by atoms with Gasteiger partial charge in [-0.3, -0.25) is 0 Å². The van der Waals surface area contributed by atoms with E-state index in [1.54, 1.807) is 25.3 Å². The Balaban J connectivity index is 2.18. The van der Waals surface area contributed by atoms with Crippen LogP contribution in [0.3, 0.4) is 0 Å². The van der Waals surface area contributed by atoms with Crippen molar-refractivity contribution in [3.05, 3.63) is 52.5 Å². The van der Waals surface area contributed by atoms with E-state index in [1.807, 2.05) is 25.1 Å². The third-order valence-corrected chi connectivity index (χ3v) is 3.19. The Hall–Kier alpha value is -1.87. The van der Waals surface area contributed by atoms with E-state index in [0.717, 1.165) is 22.6 Å². The van der Waals surface area contributed by atoms with Gasteiger partial charge in [-0.15, -0.1) is 0 Å². The zero-order valence-corrected chi connectivity index (χ0v) is 11.7. The number of phenols is 1. The van der Waals surface area contributed by atoms with E-state index in [2.05, 4.69) is 5.32 Å². The summed E-state index contributed by atoms with van der Waals surface area (Å²) in [4.78, 5) is 0. The Kier molecular flexibility index (Phi) is 4.17. The lowest BCUT2D eigenvalue weighted by Gasteiger charge is -2.13. The maximum atomic E-state index is 9.96. The highest BCUT2D eigenvalue weighted by atomic mass is 35.5. The van der Waals surface area contributed by atoms with Gasteiger partial charge in [-0.2, -0.15) is 0 Å². The Morgan fingerprint density at radius 2 is 2.05 bits per heavy atom. The van der Waals surface area contributed by atoms with Crippen LogP contribution in [0.1, 0.15) is 11.1 Å². The van der Waals surface area contributed by atoms with Gasteiger partial charge in [-0.1, -0.05) is 29.8 Å². The Labute approximate surface area is 117 Å². The van der Waals surface area contributed by atoms with Gasteiger partial charge in [0, 0.05) is 17.1 Å². The molecule has 2 rings (SSSR count). The molecule has 0 radical (unpaired) electrons. The number of methoxy groups -OCH3 is 1. The molecule has 3 nitrogen and oxygen atoms in total. The van der Waals surface area contributed by atoms with Gasteiger partial charge >= 0.3 is 0 Å². The molecular weight excluding hydrogens is 262 g/mol. The first-order valence-corrected chi connectivity index (χ1v) is 6.34. The Morgan fingerprint density at radius 1 is 1.26 bits per heavy atom. The average Bonchev–Trinajstić information content (AvgIpc) is 2.40. The minimum atomic E-state index is 0.316. The fourth-order valence-corrected chi connectivity index (χ4v) is 2.04. The van der Waals surface area contributed by atoms with Gasteiger partial charge in [0.2, 0.25) is 0 Å². The van der Waals surface area contributed by atoms with Crippen molar-refractivity contribution < 1.29 is 9.84 Å². The Morgan fingerprint density at radius 3 is 2.79 bits per heavy atom. The molecule has 0 fully saturated rings. The molecule has 19 heavy (non-hydrogen) atoms. The van der Waals surface area contributed by atoms with Crippen LogP contribution in [0.15, 0.2) is 36.4 Å². The number of hydrogen-bond donors (Lipinski definition) is 2. The van der Waals surface area contributed by atoms with Crippen LogP contribution in [0.2, 0.25) is 5.02 Å². The summed E-state index contributed by atoms with van der Waals surface area (Å²) in [6.45, 7) is 2.38. The first kappa shape index (κ1) is 13.6. The van der Waals surface area contributed by atoms with Gasteiger partial charge in [0.25, 0.3) is 0 Å². The van der Waals surface area contributed by atoms with Gasteiger partial charge in [0.1, 0.15) is 11.5 Å². The zero-order chi connectivity index (χ0) is 13.8. The van der Waals surface area contributed by atoms with Crippen molar-refractivity contribution >= 4 is 17.3 Å². The number of phenolic OH excluding ortho intramolecular Hbond substituents is 1. The zero-order valence-electron chi connectivity index (χ0n) is 10.9. The van der Waals surface area contributed by atoms with Crippen LogP contribution in [-0.2, 0) is 6.54 Å². The molecule has 0 aliphatic carbocycles. The summed E-state index contributed by atoms with van der Waals surface area (Å²) in [5.41, 5.74) is 2.50. The molecule has 0 unspecified atom stereocenters. The first-order valence-electron chi connectivity index (χ1n) is 5.96. The average molecular weight is 278 g/mol. The third-order valence-electron chi connectivity index (χ3n) is 2.95. The van der Waals surface area contributed by atoms with E-state index >= 15 is 0 Å². The minimum absolute atomic E-state index is 0.316. The second-order valence-electron chi connectivity index (χ2n) is 4.28. The lowest BCUT2D eigenvalue weighted by molar-refractivity contribution is 0.416. The molecule has 2 N–H and O–H groups in total. The van der Waals surface area contributed by atoms with Crippen molar-refractivity contribution in [1.29, 1.82) is 0 Å². The van der Waals surface area contributed by atoms with Crippen molar-refractivity contribution in [2.75, 3.05) is 12.4 Å². The Bertz CT molecular complexity index is 584. The summed E-state index contributed by atoms with van der Waals surface area (Å²) in [5.74, 6) is 1.03. The molecule has 0 aliphatic rings. The molecule has 2 aromatic carbocycles. The van der Waals surface area contributed by atoms with E-state index < -0.39 is 0 Å². The predicted molar refractivity (Wildman–Crippen MR) is 78.2 cm³/mol. The number of ether oxygens (including phenoxy) is 1. The summed E-state index contributed by atoms with van der Waals surface area (Å²) in [5, 5.41) is 13.8. The smallest absolute Gasteiger partial charge is 0.142 e. The van der Waals surface area contributed by atoms with E-state index in [0.29, 0.717) is 17.3 Å². The van der Waals surface area contributed by atoms with Crippen LogP contribution in [0.5, 0.6) is 11.5 Å². The number of anilines is 1. The molecule has 0 bridgehead atoms. The third kappa shape index (κ3) is 3.12. The molecule has 0 heterocycles. The number of nitrogens with one attached hydrogen (secondary N) is 1. The van der Waals surface area contributed by atoms with Crippen molar-refractivity contribution in [1.82, 2.24) is 0 Å². The molecule has 0 aliphatic heterocycles. The molecule has 0 saturated carbocycles. The first-order chi connectivity index (χ1) is 9.11. The van der Waals surface area contributed by atoms with Crippen LogP contribution in [0.4, 0.5) is 5.69 Å². The highest BCUT2D eigenvalue weighted by molar-refractivity contribution is 6.30. The molecule has 0 saturated heterocycles. The highest BCUT2D eigenvalue weighted by Gasteiger charge is 2.06. The maximum Gasteiger partial charge on any atom is 0.142 e. The number of aromatic hydroxyl groups is 1. The van der Waals surface area contributed by atoms with E-state index in [4.69, 9.17) is 16.3 Å². The summed E-state index contributed by atoms with van der Waals surface area (Å²) >= 11 is 5.97.